The highest BCUT2D eigenvalue weighted by Crippen LogP contribution is 2.45. The van der Waals surface area contributed by atoms with E-state index in [1.807, 2.05) is 19.1 Å². The third-order valence-corrected chi connectivity index (χ3v) is 10.9. The minimum atomic E-state index is -3.89. The largest absolute Gasteiger partial charge is 0.450 e. The summed E-state index contributed by atoms with van der Waals surface area (Å²) < 4.78 is 38.3. The maximum atomic E-state index is 14.0. The normalized spacial score (nSPS) is 28.4. The molecule has 15 heteroatoms. The number of ether oxygens (including phenoxy) is 2. The van der Waals surface area contributed by atoms with Gasteiger partial charge in [-0.15, -0.1) is 6.58 Å². The monoisotopic (exact) mass is 673 g/mol. The van der Waals surface area contributed by atoms with E-state index < -0.39 is 74.8 Å². The molecule has 2 aliphatic heterocycles. The van der Waals surface area contributed by atoms with Crippen LogP contribution in [0.2, 0.25) is 0 Å². The number of hydrogen-bond donors (Lipinski definition) is 4. The molecule has 256 valence electrons. The summed E-state index contributed by atoms with van der Waals surface area (Å²) in [5.74, 6) is -2.68. The van der Waals surface area contributed by atoms with Gasteiger partial charge in [-0.2, -0.15) is 0 Å². The highest BCUT2D eigenvalue weighted by atomic mass is 32.2. The summed E-state index contributed by atoms with van der Waals surface area (Å²) in [7, 11) is -3.89. The maximum Gasteiger partial charge on any atom is 0.411 e. The Kier molecular flexibility index (Phi) is 10.4. The maximum absolute atomic E-state index is 14.0. The van der Waals surface area contributed by atoms with Crippen LogP contribution in [0.4, 0.5) is 15.3 Å². The van der Waals surface area contributed by atoms with E-state index in [1.165, 1.54) is 11.0 Å². The van der Waals surface area contributed by atoms with Crippen LogP contribution >= 0.6 is 0 Å². The molecule has 0 aromatic heterocycles. The number of nitrogens with zero attached hydrogens (tertiary/aromatic N) is 1. The summed E-state index contributed by atoms with van der Waals surface area (Å²) in [5.41, 5.74) is -0.0714. The molecule has 2 aliphatic carbocycles. The van der Waals surface area contributed by atoms with Gasteiger partial charge in [0, 0.05) is 18.0 Å². The molecule has 0 unspecified atom stereocenters. The number of nitrogens with one attached hydrogen (secondary N) is 4. The molecule has 3 fully saturated rings. The van der Waals surface area contributed by atoms with Gasteiger partial charge in [0.2, 0.25) is 21.8 Å². The number of benzene rings is 1. The van der Waals surface area contributed by atoms with E-state index in [9.17, 15) is 32.4 Å². The number of hydrogen-bond acceptors (Lipinski definition) is 9. The van der Waals surface area contributed by atoms with Crippen LogP contribution < -0.4 is 20.7 Å². The molecule has 0 spiro atoms. The second-order valence-corrected chi connectivity index (χ2v) is 14.7. The number of alkyl carbamates (subject to hydrolysis) is 1. The molecule has 4 aliphatic rings. The minimum Gasteiger partial charge on any atom is -0.450 e. The van der Waals surface area contributed by atoms with Crippen LogP contribution in [0.25, 0.3) is 0 Å². The first-order valence-electron chi connectivity index (χ1n) is 16.3. The lowest BCUT2D eigenvalue weighted by atomic mass is 10.1. The van der Waals surface area contributed by atoms with Crippen LogP contribution in [0.1, 0.15) is 70.3 Å². The number of aryl methyl sites for hydroxylation is 1. The summed E-state index contributed by atoms with van der Waals surface area (Å²) >= 11 is 0. The Morgan fingerprint density at radius 1 is 1.17 bits per heavy atom. The van der Waals surface area contributed by atoms with Crippen molar-refractivity contribution in [3.63, 3.8) is 0 Å². The van der Waals surface area contributed by atoms with E-state index >= 15 is 0 Å². The summed E-state index contributed by atoms with van der Waals surface area (Å²) in [6.45, 7) is 5.65. The van der Waals surface area contributed by atoms with E-state index in [1.54, 1.807) is 12.1 Å². The van der Waals surface area contributed by atoms with Gasteiger partial charge in [-0.3, -0.25) is 24.4 Å². The molecular formula is C32H43N5O9S. The minimum absolute atomic E-state index is 0.0905. The number of anilines is 1. The molecule has 14 nitrogen and oxygen atoms in total. The fraction of sp³-hybridized carbons (Fsp3) is 0.594. The van der Waals surface area contributed by atoms with Crippen molar-refractivity contribution >= 4 is 45.6 Å². The van der Waals surface area contributed by atoms with Crippen LogP contribution in [0.5, 0.6) is 0 Å². The lowest BCUT2D eigenvalue weighted by Crippen LogP contribution is -2.58. The number of sulfonamides is 1. The molecule has 2 heterocycles. The van der Waals surface area contributed by atoms with Gasteiger partial charge in [0.1, 0.15) is 23.7 Å². The van der Waals surface area contributed by atoms with Crippen LogP contribution in [0, 0.1) is 5.92 Å². The van der Waals surface area contributed by atoms with Gasteiger partial charge in [-0.05, 0) is 62.6 Å². The Hall–Kier alpha value is -4.14. The zero-order chi connectivity index (χ0) is 33.8. The molecule has 4 bridgehead atoms. The first-order chi connectivity index (χ1) is 22.5. The van der Waals surface area contributed by atoms with Gasteiger partial charge in [0.15, 0.2) is 0 Å². The molecular weight excluding hydrogens is 630 g/mol. The number of amides is 5. The van der Waals surface area contributed by atoms with E-state index in [4.69, 9.17) is 9.47 Å². The topological polar surface area (TPSA) is 189 Å². The number of carbonyl (C=O) groups excluding carboxylic acids is 5. The third kappa shape index (κ3) is 8.24. The van der Waals surface area contributed by atoms with Crippen molar-refractivity contribution in [2.45, 2.75) is 100 Å². The Morgan fingerprint density at radius 3 is 2.66 bits per heavy atom. The van der Waals surface area contributed by atoms with Crippen LogP contribution in [-0.4, -0.2) is 85.4 Å². The fourth-order valence-corrected chi connectivity index (χ4v) is 7.51. The Bertz CT molecular complexity index is 1510. The molecule has 1 aromatic rings. The number of cyclic esters (lactones) is 1. The molecule has 2 saturated carbocycles. The van der Waals surface area contributed by atoms with Crippen molar-refractivity contribution in [2.24, 2.45) is 5.92 Å². The number of rotatable bonds is 9. The van der Waals surface area contributed by atoms with Crippen molar-refractivity contribution < 1.29 is 41.9 Å². The molecule has 4 N–H and O–H groups in total. The quantitative estimate of drug-likeness (QED) is 0.286. The summed E-state index contributed by atoms with van der Waals surface area (Å²) in [4.78, 5) is 68.2. The molecule has 1 saturated heterocycles. The first-order valence-corrected chi connectivity index (χ1v) is 17.8. The fourth-order valence-electron chi connectivity index (χ4n) is 6.14. The van der Waals surface area contributed by atoms with Gasteiger partial charge in [-0.25, -0.2) is 18.0 Å². The number of fused-ring (bicyclic) bond motifs is 4. The Morgan fingerprint density at radius 2 is 1.96 bits per heavy atom. The predicted octanol–water partition coefficient (Wildman–Crippen LogP) is 2.50. The zero-order valence-corrected chi connectivity index (χ0v) is 27.3. The second kappa shape index (κ2) is 14.3. The number of carbonyl (C=O) groups is 5. The highest BCUT2D eigenvalue weighted by Gasteiger charge is 2.62. The average Bonchev–Trinajstić information content (AvgIpc) is 3.95. The third-order valence-electron chi connectivity index (χ3n) is 9.07. The van der Waals surface area contributed by atoms with Crippen molar-refractivity contribution in [1.82, 2.24) is 20.3 Å². The Labute approximate surface area is 274 Å². The second-order valence-electron chi connectivity index (χ2n) is 12.7. The standard InChI is InChI=1S/C32H43N5O9S/c1-3-5-12-25-28(39)37-19-23(46-31(42)33-22-11-8-10-20(16-22)9-6-7-15-45-30(41)34-25)17-26(37)27(38)35-32(18-21(32)4-2)29(40)36-47(43,44)24-13-14-24/h4,8,10-11,16,21,23-26H,2-3,5-7,9,12-15,17-19H2,1H3,(H,33,42)(H,34,41)(H,35,38)(H,36,40)/t21-,23+,25-,26-,32-/m0/s1. The SMILES string of the molecule is C=C[C@H]1C[C@@]1(NC(=O)[C@@H]1C[C@@H]2CN1C(=O)[C@H](CCCC)NC(=O)OCCCCc1cccc(c1)NC(=O)O2)C(=O)NS(=O)(=O)C1CC1. The van der Waals surface area contributed by atoms with Crippen molar-refractivity contribution in [3.05, 3.63) is 42.5 Å². The lowest BCUT2D eigenvalue weighted by Gasteiger charge is -2.29. The van der Waals surface area contributed by atoms with Crippen molar-refractivity contribution in [2.75, 3.05) is 18.5 Å². The molecule has 0 radical (unpaired) electrons. The highest BCUT2D eigenvalue weighted by molar-refractivity contribution is 7.91. The Balaban J connectivity index is 1.39. The van der Waals surface area contributed by atoms with Crippen molar-refractivity contribution in [1.29, 1.82) is 0 Å². The summed E-state index contributed by atoms with van der Waals surface area (Å²) in [6, 6.07) is 5.05. The summed E-state index contributed by atoms with van der Waals surface area (Å²) in [6.07, 6.45) is 3.61. The van der Waals surface area contributed by atoms with Gasteiger partial charge >= 0.3 is 12.2 Å². The predicted molar refractivity (Wildman–Crippen MR) is 170 cm³/mol. The van der Waals surface area contributed by atoms with E-state index in [0.29, 0.717) is 37.8 Å². The van der Waals surface area contributed by atoms with Gasteiger partial charge < -0.3 is 25.0 Å². The lowest BCUT2D eigenvalue weighted by molar-refractivity contribution is -0.141. The van der Waals surface area contributed by atoms with Gasteiger partial charge in [-0.1, -0.05) is 38.0 Å². The smallest absolute Gasteiger partial charge is 0.411 e. The molecule has 1 aromatic carbocycles. The first kappa shape index (κ1) is 34.2. The molecule has 5 rings (SSSR count). The van der Waals surface area contributed by atoms with E-state index in [0.717, 1.165) is 18.4 Å². The summed E-state index contributed by atoms with van der Waals surface area (Å²) in [5, 5.41) is 7.42. The van der Waals surface area contributed by atoms with Crippen LogP contribution in [0.15, 0.2) is 36.9 Å². The molecule has 5 atom stereocenters. The zero-order valence-electron chi connectivity index (χ0n) is 26.5. The van der Waals surface area contributed by atoms with E-state index in [2.05, 4.69) is 27.3 Å². The van der Waals surface area contributed by atoms with Crippen molar-refractivity contribution in [3.8, 4) is 0 Å². The average molecular weight is 674 g/mol. The van der Waals surface area contributed by atoms with Crippen LogP contribution in [0.3, 0.4) is 0 Å². The molecule has 5 amide bonds. The van der Waals surface area contributed by atoms with Gasteiger partial charge in [0.05, 0.1) is 18.4 Å². The molecule has 47 heavy (non-hydrogen) atoms. The van der Waals surface area contributed by atoms with Gasteiger partial charge in [0.25, 0.3) is 5.91 Å². The van der Waals surface area contributed by atoms with Crippen LogP contribution in [-0.2, 0) is 40.3 Å². The number of unbranched alkanes of at least 4 members (excludes halogenated alkanes) is 1. The van der Waals surface area contributed by atoms with E-state index in [-0.39, 0.29) is 32.4 Å².